The highest BCUT2D eigenvalue weighted by Gasteiger charge is 2.07. The Morgan fingerprint density at radius 1 is 1.20 bits per heavy atom. The van der Waals surface area contributed by atoms with Crippen LogP contribution in [0.5, 0.6) is 5.75 Å². The fourth-order valence-corrected chi connectivity index (χ4v) is 2.24. The highest BCUT2D eigenvalue weighted by atomic mass is 127. The molecule has 0 atom stereocenters. The van der Waals surface area contributed by atoms with Crippen molar-refractivity contribution in [2.45, 2.75) is 6.42 Å². The van der Waals surface area contributed by atoms with Crippen LogP contribution in [-0.4, -0.2) is 17.6 Å². The number of phenols is 1. The normalized spacial score (nSPS) is 10.3. The molecule has 0 fully saturated rings. The first-order valence-corrected chi connectivity index (χ1v) is 7.53. The maximum Gasteiger partial charge on any atom is 0.251 e. The average Bonchev–Trinajstić information content (AvgIpc) is 2.44. The number of benzene rings is 2. The molecule has 3 nitrogen and oxygen atoms in total. The van der Waals surface area contributed by atoms with E-state index in [0.29, 0.717) is 23.6 Å². The van der Waals surface area contributed by atoms with E-state index in [2.05, 4.69) is 27.9 Å². The molecule has 0 aliphatic carbocycles. The van der Waals surface area contributed by atoms with E-state index in [1.165, 1.54) is 0 Å². The molecular formula is C15H13ClINO2. The molecule has 0 saturated carbocycles. The molecule has 2 aromatic carbocycles. The number of carbonyl (C=O) groups is 1. The molecule has 1 amide bonds. The van der Waals surface area contributed by atoms with Gasteiger partial charge in [-0.3, -0.25) is 4.79 Å². The van der Waals surface area contributed by atoms with Crippen molar-refractivity contribution in [3.05, 3.63) is 62.2 Å². The largest absolute Gasteiger partial charge is 0.508 e. The van der Waals surface area contributed by atoms with Gasteiger partial charge < -0.3 is 10.4 Å². The van der Waals surface area contributed by atoms with Crippen LogP contribution in [-0.2, 0) is 6.42 Å². The zero-order chi connectivity index (χ0) is 14.5. The third-order valence-electron chi connectivity index (χ3n) is 2.82. The van der Waals surface area contributed by atoms with E-state index in [0.717, 1.165) is 9.13 Å². The summed E-state index contributed by atoms with van der Waals surface area (Å²) in [5.41, 5.74) is 1.62. The summed E-state index contributed by atoms with van der Waals surface area (Å²) in [6.07, 6.45) is 0.712. The SMILES string of the molecule is O=C(NCCc1ccc(O)cc1)c1ccc(I)c(Cl)c1. The van der Waals surface area contributed by atoms with Crippen LogP contribution >= 0.6 is 34.2 Å². The van der Waals surface area contributed by atoms with Crippen LogP contribution in [0.25, 0.3) is 0 Å². The molecule has 0 radical (unpaired) electrons. The first-order valence-electron chi connectivity index (χ1n) is 6.07. The molecule has 0 unspecified atom stereocenters. The predicted molar refractivity (Wildman–Crippen MR) is 88.3 cm³/mol. The molecule has 0 saturated heterocycles. The van der Waals surface area contributed by atoms with Crippen molar-refractivity contribution in [2.75, 3.05) is 6.54 Å². The molecule has 0 aromatic heterocycles. The van der Waals surface area contributed by atoms with Gasteiger partial charge in [-0.05, 0) is 64.9 Å². The van der Waals surface area contributed by atoms with Crippen molar-refractivity contribution in [3.63, 3.8) is 0 Å². The monoisotopic (exact) mass is 401 g/mol. The van der Waals surface area contributed by atoms with Crippen molar-refractivity contribution in [3.8, 4) is 5.75 Å². The molecule has 2 aromatic rings. The lowest BCUT2D eigenvalue weighted by Gasteiger charge is -2.06. The van der Waals surface area contributed by atoms with Gasteiger partial charge in [0, 0.05) is 15.7 Å². The van der Waals surface area contributed by atoms with E-state index >= 15 is 0 Å². The Bertz CT molecular complexity index is 614. The van der Waals surface area contributed by atoms with Gasteiger partial charge >= 0.3 is 0 Å². The molecule has 0 heterocycles. The third kappa shape index (κ3) is 4.11. The second-order valence-corrected chi connectivity index (χ2v) is 5.87. The summed E-state index contributed by atoms with van der Waals surface area (Å²) < 4.78 is 0.921. The van der Waals surface area contributed by atoms with Gasteiger partial charge in [0.15, 0.2) is 0 Å². The minimum Gasteiger partial charge on any atom is -0.508 e. The number of aromatic hydroxyl groups is 1. The standard InChI is InChI=1S/C15H13ClINO2/c16-13-9-11(3-6-14(13)17)15(20)18-8-7-10-1-4-12(19)5-2-10/h1-6,9,19H,7-8H2,(H,18,20). The molecule has 20 heavy (non-hydrogen) atoms. The summed E-state index contributed by atoms with van der Waals surface area (Å²) in [4.78, 5) is 11.9. The zero-order valence-corrected chi connectivity index (χ0v) is 13.5. The second-order valence-electron chi connectivity index (χ2n) is 4.30. The average molecular weight is 402 g/mol. The quantitative estimate of drug-likeness (QED) is 0.769. The topological polar surface area (TPSA) is 49.3 Å². The highest BCUT2D eigenvalue weighted by molar-refractivity contribution is 14.1. The van der Waals surface area contributed by atoms with Crippen LogP contribution in [0.1, 0.15) is 15.9 Å². The molecule has 0 spiro atoms. The van der Waals surface area contributed by atoms with Gasteiger partial charge in [-0.15, -0.1) is 0 Å². The lowest BCUT2D eigenvalue weighted by atomic mass is 10.1. The Labute approximate surface area is 136 Å². The molecule has 104 valence electrons. The van der Waals surface area contributed by atoms with E-state index in [1.54, 1.807) is 24.3 Å². The molecule has 2 rings (SSSR count). The van der Waals surface area contributed by atoms with Crippen molar-refractivity contribution in [2.24, 2.45) is 0 Å². The number of phenolic OH excluding ortho intramolecular Hbond substituents is 1. The van der Waals surface area contributed by atoms with Crippen LogP contribution in [0.3, 0.4) is 0 Å². The smallest absolute Gasteiger partial charge is 0.251 e. The van der Waals surface area contributed by atoms with Gasteiger partial charge in [0.25, 0.3) is 5.91 Å². The van der Waals surface area contributed by atoms with Crippen LogP contribution in [0.4, 0.5) is 0 Å². The minimum atomic E-state index is -0.137. The number of halogens is 2. The summed E-state index contributed by atoms with van der Waals surface area (Å²) in [6, 6.07) is 12.2. The van der Waals surface area contributed by atoms with E-state index in [-0.39, 0.29) is 11.7 Å². The van der Waals surface area contributed by atoms with Crippen LogP contribution in [0.15, 0.2) is 42.5 Å². The summed E-state index contributed by atoms with van der Waals surface area (Å²) in [6.45, 7) is 0.535. The number of rotatable bonds is 4. The molecule has 2 N–H and O–H groups in total. The summed E-state index contributed by atoms with van der Waals surface area (Å²) in [5, 5.41) is 12.6. The van der Waals surface area contributed by atoms with Crippen molar-refractivity contribution >= 4 is 40.1 Å². The first-order chi connectivity index (χ1) is 9.56. The number of hydrogen-bond acceptors (Lipinski definition) is 2. The Balaban J connectivity index is 1.88. The Morgan fingerprint density at radius 3 is 2.55 bits per heavy atom. The molecule has 0 aliphatic heterocycles. The number of carbonyl (C=O) groups excluding carboxylic acids is 1. The van der Waals surface area contributed by atoms with E-state index < -0.39 is 0 Å². The second kappa shape index (κ2) is 6.95. The zero-order valence-electron chi connectivity index (χ0n) is 10.6. The summed E-state index contributed by atoms with van der Waals surface area (Å²) in [5.74, 6) is 0.105. The molecule has 0 aliphatic rings. The van der Waals surface area contributed by atoms with Gasteiger partial charge in [-0.25, -0.2) is 0 Å². The van der Waals surface area contributed by atoms with Crippen molar-refractivity contribution in [1.29, 1.82) is 0 Å². The highest BCUT2D eigenvalue weighted by Crippen LogP contribution is 2.19. The van der Waals surface area contributed by atoms with Crippen LogP contribution < -0.4 is 5.32 Å². The summed E-state index contributed by atoms with van der Waals surface area (Å²) >= 11 is 8.11. The van der Waals surface area contributed by atoms with Crippen LogP contribution in [0, 0.1) is 3.57 Å². The lowest BCUT2D eigenvalue weighted by molar-refractivity contribution is 0.0954. The van der Waals surface area contributed by atoms with Gasteiger partial charge in [-0.1, -0.05) is 23.7 Å². The minimum absolute atomic E-state index is 0.137. The number of amides is 1. The maximum absolute atomic E-state index is 11.9. The fraction of sp³-hybridized carbons (Fsp3) is 0.133. The van der Waals surface area contributed by atoms with E-state index in [9.17, 15) is 9.90 Å². The summed E-state index contributed by atoms with van der Waals surface area (Å²) in [7, 11) is 0. The Morgan fingerprint density at radius 2 is 1.90 bits per heavy atom. The lowest BCUT2D eigenvalue weighted by Crippen LogP contribution is -2.25. The molecule has 0 bridgehead atoms. The Hall–Kier alpha value is -1.27. The van der Waals surface area contributed by atoms with Gasteiger partial charge in [-0.2, -0.15) is 0 Å². The maximum atomic E-state index is 11.9. The van der Waals surface area contributed by atoms with E-state index in [1.807, 2.05) is 18.2 Å². The van der Waals surface area contributed by atoms with Gasteiger partial charge in [0.2, 0.25) is 0 Å². The van der Waals surface area contributed by atoms with Gasteiger partial charge in [0.05, 0.1) is 5.02 Å². The first kappa shape index (κ1) is 15.1. The van der Waals surface area contributed by atoms with Crippen molar-refractivity contribution < 1.29 is 9.90 Å². The number of hydrogen-bond donors (Lipinski definition) is 2. The Kier molecular flexibility index (Phi) is 5.25. The predicted octanol–water partition coefficient (Wildman–Crippen LogP) is 3.62. The third-order valence-corrected chi connectivity index (χ3v) is 4.39. The number of nitrogens with one attached hydrogen (secondary N) is 1. The van der Waals surface area contributed by atoms with E-state index in [4.69, 9.17) is 11.6 Å². The molecule has 5 heteroatoms. The van der Waals surface area contributed by atoms with Gasteiger partial charge in [0.1, 0.15) is 5.75 Å². The fourth-order valence-electron chi connectivity index (χ4n) is 1.72. The van der Waals surface area contributed by atoms with Crippen molar-refractivity contribution in [1.82, 2.24) is 5.32 Å². The molecular weight excluding hydrogens is 389 g/mol. The van der Waals surface area contributed by atoms with Crippen LogP contribution in [0.2, 0.25) is 5.02 Å².